The predicted octanol–water partition coefficient (Wildman–Crippen LogP) is 4.37. The zero-order valence-corrected chi connectivity index (χ0v) is 31.1. The molecule has 48 heavy (non-hydrogen) atoms. The van der Waals surface area contributed by atoms with E-state index in [0.29, 0.717) is 53.7 Å². The maximum atomic E-state index is 13.1. The number of aliphatic imine (C=N–C) groups is 1. The molecule has 0 unspecified atom stereocenters. The molecule has 3 amide bonds. The Morgan fingerprint density at radius 3 is 2.31 bits per heavy atom. The highest BCUT2D eigenvalue weighted by Gasteiger charge is 2.27. The number of amidine groups is 1. The molecule has 0 fully saturated rings. The van der Waals surface area contributed by atoms with Crippen LogP contribution in [-0.2, 0) is 40.6 Å². The van der Waals surface area contributed by atoms with E-state index in [1.165, 1.54) is 16.4 Å². The van der Waals surface area contributed by atoms with Crippen LogP contribution in [0.3, 0.4) is 0 Å². The van der Waals surface area contributed by atoms with Gasteiger partial charge in [-0.1, -0.05) is 34.6 Å². The van der Waals surface area contributed by atoms with Gasteiger partial charge in [-0.15, -0.1) is 11.3 Å². The molecule has 0 atom stereocenters. The summed E-state index contributed by atoms with van der Waals surface area (Å²) in [4.78, 5) is 48.5. The van der Waals surface area contributed by atoms with Gasteiger partial charge in [-0.3, -0.25) is 9.63 Å². The molecule has 2 heterocycles. The number of carbonyl (C=O) groups is 3. The van der Waals surface area contributed by atoms with Crippen LogP contribution in [0.2, 0.25) is 0 Å². The predicted molar refractivity (Wildman–Crippen MR) is 185 cm³/mol. The molecule has 5 N–H and O–H groups in total. The quantitative estimate of drug-likeness (QED) is 0.168. The third kappa shape index (κ3) is 14.9. The molecule has 2 rings (SSSR count). The summed E-state index contributed by atoms with van der Waals surface area (Å²) in [5.41, 5.74) is 5.36. The van der Waals surface area contributed by atoms with E-state index in [4.69, 9.17) is 24.8 Å². The van der Waals surface area contributed by atoms with Crippen molar-refractivity contribution in [1.82, 2.24) is 19.8 Å². The molecule has 0 saturated carbocycles. The van der Waals surface area contributed by atoms with Crippen molar-refractivity contribution in [1.29, 1.82) is 0 Å². The number of fused-ring (bicyclic) bond motifs is 1. The second-order valence-corrected chi connectivity index (χ2v) is 16.6. The third-order valence-corrected chi connectivity index (χ3v) is 8.32. The minimum absolute atomic E-state index is 0.117. The van der Waals surface area contributed by atoms with Crippen molar-refractivity contribution in [2.24, 2.45) is 21.6 Å². The summed E-state index contributed by atoms with van der Waals surface area (Å²) < 4.78 is 45.6. The smallest absolute Gasteiger partial charge is 0.421 e. The van der Waals surface area contributed by atoms with Gasteiger partial charge in [0, 0.05) is 47.3 Å². The highest BCUT2D eigenvalue weighted by atomic mass is 32.2. The van der Waals surface area contributed by atoms with E-state index >= 15 is 0 Å². The lowest BCUT2D eigenvalue weighted by Gasteiger charge is -2.29. The van der Waals surface area contributed by atoms with Crippen LogP contribution in [0, 0.1) is 10.8 Å². The fourth-order valence-corrected chi connectivity index (χ4v) is 5.92. The van der Waals surface area contributed by atoms with Gasteiger partial charge in [0.2, 0.25) is 0 Å². The molecule has 272 valence electrons. The number of nitrogens with one attached hydrogen (secondary N) is 3. The van der Waals surface area contributed by atoms with Gasteiger partial charge in [-0.25, -0.2) is 24.4 Å². The van der Waals surface area contributed by atoms with Gasteiger partial charge in [-0.05, 0) is 46.3 Å². The highest BCUT2D eigenvalue weighted by molar-refractivity contribution is 7.88. The average Bonchev–Trinajstić information content (AvgIpc) is 3.25. The lowest BCUT2D eigenvalue weighted by atomic mass is 9.93. The van der Waals surface area contributed by atoms with E-state index < -0.39 is 38.8 Å². The first-order chi connectivity index (χ1) is 22.1. The fourth-order valence-electron chi connectivity index (χ4n) is 4.13. The summed E-state index contributed by atoms with van der Waals surface area (Å²) in [6.45, 7) is 17.9. The molecular weight excluding hydrogens is 665 g/mol. The number of alkyl carbamates (subject to hydrolysis) is 1. The van der Waals surface area contributed by atoms with E-state index in [0.717, 1.165) is 0 Å². The topological polar surface area (TPSA) is 200 Å². The first-order valence-corrected chi connectivity index (χ1v) is 18.0. The lowest BCUT2D eigenvalue weighted by Crippen LogP contribution is -2.42. The van der Waals surface area contributed by atoms with Gasteiger partial charge in [0.05, 0.1) is 30.4 Å². The Balaban J connectivity index is 1.87. The Kier molecular flexibility index (Phi) is 14.9. The number of hydrogen-bond acceptors (Lipinski definition) is 12. The van der Waals surface area contributed by atoms with Gasteiger partial charge in [0.25, 0.3) is 5.91 Å². The number of amides is 3. The number of thiophene rings is 1. The Hall–Kier alpha value is -3.25. The number of nitrogens with zero attached hydrogens (tertiary/aromatic N) is 2. The average molecular weight is 717 g/mol. The molecule has 1 aliphatic rings. The van der Waals surface area contributed by atoms with Crippen LogP contribution >= 0.6 is 11.3 Å². The van der Waals surface area contributed by atoms with E-state index in [1.807, 2.05) is 25.5 Å². The van der Waals surface area contributed by atoms with E-state index in [2.05, 4.69) is 15.0 Å². The van der Waals surface area contributed by atoms with Gasteiger partial charge in [0.1, 0.15) is 18.0 Å². The molecule has 1 aliphatic heterocycles. The summed E-state index contributed by atoms with van der Waals surface area (Å²) in [7, 11) is -4.27. The number of hydroxylamine groups is 2. The lowest BCUT2D eigenvalue weighted by molar-refractivity contribution is -0.180. The van der Waals surface area contributed by atoms with Crippen molar-refractivity contribution in [3.8, 4) is 0 Å². The molecular formula is C31H52N6O9S2. The van der Waals surface area contributed by atoms with Crippen molar-refractivity contribution < 1.29 is 41.8 Å². The zero-order valence-electron chi connectivity index (χ0n) is 29.5. The molecule has 0 spiro atoms. The van der Waals surface area contributed by atoms with Crippen molar-refractivity contribution in [3.05, 3.63) is 21.4 Å². The number of hydrogen-bond donors (Lipinski definition) is 4. The monoisotopic (exact) mass is 716 g/mol. The first kappa shape index (κ1) is 40.9. The maximum Gasteiger partial charge on any atom is 0.421 e. The normalized spacial score (nSPS) is 13.9. The number of nitrogens with two attached hydrogens (primary N) is 1. The van der Waals surface area contributed by atoms with Crippen LogP contribution < -0.4 is 20.5 Å². The standard InChI is InChI=1S/C31H52N6O9S2/c1-10-12-37(45-11-2)26(38)21-13-24-23(35-25(32)14-21)15-22(47-24)16-34-48(41,42)36-28(40)44-20-31(8,9)19-43-18-30(6,7)17-33-27(39)46-29(3,4)5/h13,15,34H,10-12,14,16-20H2,1-9H3,(H2,32,35)(H,33,39)(H,36,40). The highest BCUT2D eigenvalue weighted by Crippen LogP contribution is 2.35. The zero-order chi connectivity index (χ0) is 36.3. The summed E-state index contributed by atoms with van der Waals surface area (Å²) in [6, 6.07) is 1.67. The second kappa shape index (κ2) is 17.4. The molecule has 1 aromatic heterocycles. The SMILES string of the molecule is CCCN(OCC)C(=O)C1=Cc2sc(CNS(=O)(=O)NC(=O)OCC(C)(C)COCC(C)(C)CNC(=O)OC(C)(C)C)cc2N=C(N)C1. The second-order valence-electron chi connectivity index (χ2n) is 13.9. The molecule has 0 radical (unpaired) electrons. The van der Waals surface area contributed by atoms with E-state index in [-0.39, 0.29) is 37.9 Å². The summed E-state index contributed by atoms with van der Waals surface area (Å²) in [5.74, 6) is -0.0721. The van der Waals surface area contributed by atoms with Crippen LogP contribution in [0.5, 0.6) is 0 Å². The number of ether oxygens (including phenoxy) is 3. The Morgan fingerprint density at radius 2 is 1.69 bits per heavy atom. The summed E-state index contributed by atoms with van der Waals surface area (Å²) in [6.07, 6.45) is 0.889. The molecule has 0 aliphatic carbocycles. The first-order valence-electron chi connectivity index (χ1n) is 15.7. The minimum atomic E-state index is -4.27. The Morgan fingerprint density at radius 1 is 1.02 bits per heavy atom. The molecule has 0 aromatic carbocycles. The van der Waals surface area contributed by atoms with Gasteiger partial charge in [-0.2, -0.15) is 13.1 Å². The Bertz CT molecular complexity index is 1440. The van der Waals surface area contributed by atoms with Gasteiger partial charge in [0.15, 0.2) is 0 Å². The van der Waals surface area contributed by atoms with Crippen LogP contribution in [0.15, 0.2) is 16.6 Å². The molecule has 17 heteroatoms. The van der Waals surface area contributed by atoms with Crippen molar-refractivity contribution in [3.63, 3.8) is 0 Å². The molecule has 1 aromatic rings. The van der Waals surface area contributed by atoms with E-state index in [1.54, 1.807) is 53.7 Å². The van der Waals surface area contributed by atoms with Gasteiger partial charge < -0.3 is 25.3 Å². The van der Waals surface area contributed by atoms with Crippen LogP contribution in [0.25, 0.3) is 6.08 Å². The largest absolute Gasteiger partial charge is 0.448 e. The van der Waals surface area contributed by atoms with Crippen LogP contribution in [0.4, 0.5) is 15.3 Å². The van der Waals surface area contributed by atoms with Crippen molar-refractivity contribution in [2.75, 3.05) is 39.5 Å². The summed E-state index contributed by atoms with van der Waals surface area (Å²) >= 11 is 1.24. The van der Waals surface area contributed by atoms with Crippen molar-refractivity contribution in [2.45, 2.75) is 87.3 Å². The maximum absolute atomic E-state index is 13.1. The minimum Gasteiger partial charge on any atom is -0.448 e. The third-order valence-electron chi connectivity index (χ3n) is 6.29. The molecule has 0 saturated heterocycles. The van der Waals surface area contributed by atoms with Crippen molar-refractivity contribution >= 4 is 57.2 Å². The summed E-state index contributed by atoms with van der Waals surface area (Å²) in [5, 5.41) is 4.04. The van der Waals surface area contributed by atoms with Gasteiger partial charge >= 0.3 is 22.4 Å². The van der Waals surface area contributed by atoms with E-state index in [9.17, 15) is 22.8 Å². The number of rotatable bonds is 17. The van der Waals surface area contributed by atoms with Crippen LogP contribution in [-0.4, -0.2) is 82.5 Å². The molecule has 0 bridgehead atoms. The van der Waals surface area contributed by atoms with Crippen LogP contribution in [0.1, 0.15) is 84.9 Å². The molecule has 15 nitrogen and oxygen atoms in total. The fraction of sp³-hybridized carbons (Fsp3) is 0.677. The number of carbonyl (C=O) groups excluding carboxylic acids is 3. The Labute approximate surface area is 288 Å².